The molecule has 13 heavy (non-hydrogen) atoms. The standard InChI is InChI=1S/C8H9N3O2/c1-10-5-6(4-9-10)11-3-2-7(12)8(11)13/h4-5H,2-3H2,1H3. The number of carbonyl (C=O) groups is 2. The van der Waals surface area contributed by atoms with Crippen LogP contribution in [0.4, 0.5) is 5.69 Å². The molecule has 5 nitrogen and oxygen atoms in total. The van der Waals surface area contributed by atoms with Crippen LogP contribution >= 0.6 is 0 Å². The summed E-state index contributed by atoms with van der Waals surface area (Å²) in [6.07, 6.45) is 3.61. The van der Waals surface area contributed by atoms with Gasteiger partial charge in [-0.25, -0.2) is 0 Å². The van der Waals surface area contributed by atoms with Gasteiger partial charge in [-0.1, -0.05) is 0 Å². The second-order valence-electron chi connectivity index (χ2n) is 3.00. The maximum atomic E-state index is 11.3. The van der Waals surface area contributed by atoms with E-state index in [1.54, 1.807) is 24.1 Å². The van der Waals surface area contributed by atoms with E-state index in [0.717, 1.165) is 0 Å². The van der Waals surface area contributed by atoms with E-state index in [2.05, 4.69) is 5.10 Å². The summed E-state index contributed by atoms with van der Waals surface area (Å²) in [5.41, 5.74) is 0.693. The van der Waals surface area contributed by atoms with Crippen molar-refractivity contribution in [3.8, 4) is 0 Å². The summed E-state index contributed by atoms with van der Waals surface area (Å²) in [6, 6.07) is 0. The lowest BCUT2D eigenvalue weighted by atomic mass is 10.3. The zero-order chi connectivity index (χ0) is 9.42. The van der Waals surface area contributed by atoms with Crippen molar-refractivity contribution in [2.75, 3.05) is 11.4 Å². The molecule has 1 aromatic heterocycles. The van der Waals surface area contributed by atoms with Gasteiger partial charge in [-0.15, -0.1) is 0 Å². The van der Waals surface area contributed by atoms with E-state index in [0.29, 0.717) is 18.7 Å². The van der Waals surface area contributed by atoms with Gasteiger partial charge in [0.1, 0.15) is 0 Å². The van der Waals surface area contributed by atoms with E-state index < -0.39 is 5.91 Å². The lowest BCUT2D eigenvalue weighted by Crippen LogP contribution is -2.26. The van der Waals surface area contributed by atoms with E-state index in [9.17, 15) is 9.59 Å². The molecule has 5 heteroatoms. The van der Waals surface area contributed by atoms with Crippen LogP contribution in [0.2, 0.25) is 0 Å². The van der Waals surface area contributed by atoms with Crippen LogP contribution in [0, 0.1) is 0 Å². The van der Waals surface area contributed by atoms with Crippen LogP contribution in [0.15, 0.2) is 12.4 Å². The number of amides is 1. The second kappa shape index (κ2) is 2.69. The Kier molecular flexibility index (Phi) is 1.65. The van der Waals surface area contributed by atoms with Crippen molar-refractivity contribution in [3.05, 3.63) is 12.4 Å². The topological polar surface area (TPSA) is 55.2 Å². The van der Waals surface area contributed by atoms with Crippen molar-refractivity contribution in [1.29, 1.82) is 0 Å². The largest absolute Gasteiger partial charge is 0.302 e. The van der Waals surface area contributed by atoms with Gasteiger partial charge in [0.15, 0.2) is 0 Å². The summed E-state index contributed by atoms with van der Waals surface area (Å²) in [6.45, 7) is 0.476. The van der Waals surface area contributed by atoms with Gasteiger partial charge in [-0.3, -0.25) is 14.3 Å². The van der Waals surface area contributed by atoms with E-state index in [-0.39, 0.29) is 5.78 Å². The van der Waals surface area contributed by atoms with Gasteiger partial charge in [0.25, 0.3) is 5.91 Å². The molecular formula is C8H9N3O2. The first kappa shape index (κ1) is 7.97. The number of Topliss-reactive ketones (excluding diaryl/α,β-unsaturated/α-hetero) is 1. The van der Waals surface area contributed by atoms with Crippen LogP contribution in [-0.4, -0.2) is 28.0 Å². The molecule has 0 spiro atoms. The third-order valence-corrected chi connectivity index (χ3v) is 2.05. The molecule has 0 bridgehead atoms. The first-order chi connectivity index (χ1) is 6.18. The van der Waals surface area contributed by atoms with Crippen LogP contribution < -0.4 is 4.90 Å². The third-order valence-electron chi connectivity index (χ3n) is 2.05. The molecule has 2 rings (SSSR count). The van der Waals surface area contributed by atoms with Crippen LogP contribution in [0.1, 0.15) is 6.42 Å². The van der Waals surface area contributed by atoms with Crippen LogP contribution in [0.3, 0.4) is 0 Å². The maximum Gasteiger partial charge on any atom is 0.294 e. The molecule has 1 amide bonds. The molecule has 2 heterocycles. The van der Waals surface area contributed by atoms with Crippen LogP contribution in [0.5, 0.6) is 0 Å². The van der Waals surface area contributed by atoms with Crippen molar-refractivity contribution < 1.29 is 9.59 Å². The Hall–Kier alpha value is -1.65. The molecule has 68 valence electrons. The lowest BCUT2D eigenvalue weighted by Gasteiger charge is -2.10. The predicted molar refractivity (Wildman–Crippen MR) is 45.2 cm³/mol. The van der Waals surface area contributed by atoms with Crippen molar-refractivity contribution in [2.24, 2.45) is 7.05 Å². The molecule has 0 radical (unpaired) electrons. The number of rotatable bonds is 1. The molecule has 1 aromatic rings. The Morgan fingerprint density at radius 3 is 2.69 bits per heavy atom. The minimum atomic E-state index is -0.423. The number of ketones is 1. The van der Waals surface area contributed by atoms with Crippen molar-refractivity contribution in [3.63, 3.8) is 0 Å². The fraction of sp³-hybridized carbons (Fsp3) is 0.375. The van der Waals surface area contributed by atoms with Gasteiger partial charge >= 0.3 is 0 Å². The van der Waals surface area contributed by atoms with Gasteiger partial charge in [0.05, 0.1) is 11.9 Å². The number of carbonyl (C=O) groups excluding carboxylic acids is 2. The molecule has 1 fully saturated rings. The van der Waals surface area contributed by atoms with Gasteiger partial charge in [-0.2, -0.15) is 5.10 Å². The van der Waals surface area contributed by atoms with Crippen molar-refractivity contribution in [2.45, 2.75) is 6.42 Å². The first-order valence-corrected chi connectivity index (χ1v) is 4.02. The van der Waals surface area contributed by atoms with Gasteiger partial charge in [0, 0.05) is 26.2 Å². The fourth-order valence-corrected chi connectivity index (χ4v) is 1.37. The van der Waals surface area contributed by atoms with Crippen molar-refractivity contribution >= 4 is 17.4 Å². The van der Waals surface area contributed by atoms with Crippen LogP contribution in [-0.2, 0) is 16.6 Å². The Morgan fingerprint density at radius 1 is 1.46 bits per heavy atom. The number of aryl methyl sites for hydroxylation is 1. The van der Waals surface area contributed by atoms with E-state index in [1.165, 1.54) is 4.90 Å². The SMILES string of the molecule is Cn1cc(N2CCC(=O)C2=O)cn1. The Bertz CT molecular complexity index is 369. The summed E-state index contributed by atoms with van der Waals surface area (Å²) in [5.74, 6) is -0.739. The molecule has 0 aromatic carbocycles. The molecule has 0 unspecified atom stereocenters. The Morgan fingerprint density at radius 2 is 2.23 bits per heavy atom. The summed E-state index contributed by atoms with van der Waals surface area (Å²) >= 11 is 0. The van der Waals surface area contributed by atoms with Gasteiger partial charge < -0.3 is 4.90 Å². The highest BCUT2D eigenvalue weighted by molar-refractivity contribution is 6.43. The first-order valence-electron chi connectivity index (χ1n) is 4.02. The number of aromatic nitrogens is 2. The lowest BCUT2D eigenvalue weighted by molar-refractivity contribution is -0.133. The monoisotopic (exact) mass is 179 g/mol. The minimum Gasteiger partial charge on any atom is -0.302 e. The zero-order valence-electron chi connectivity index (χ0n) is 7.23. The second-order valence-corrected chi connectivity index (χ2v) is 3.00. The summed E-state index contributed by atoms with van der Waals surface area (Å²) in [5, 5.41) is 3.93. The number of hydrogen-bond acceptors (Lipinski definition) is 3. The molecule has 0 aliphatic carbocycles. The molecule has 1 aliphatic heterocycles. The highest BCUT2D eigenvalue weighted by Crippen LogP contribution is 2.17. The highest BCUT2D eigenvalue weighted by atomic mass is 16.2. The Balaban J connectivity index is 2.28. The van der Waals surface area contributed by atoms with Crippen molar-refractivity contribution in [1.82, 2.24) is 9.78 Å². The number of anilines is 1. The van der Waals surface area contributed by atoms with E-state index in [1.807, 2.05) is 0 Å². The van der Waals surface area contributed by atoms with E-state index >= 15 is 0 Å². The molecule has 1 aliphatic rings. The summed E-state index contributed by atoms with van der Waals surface area (Å²) < 4.78 is 1.60. The van der Waals surface area contributed by atoms with Gasteiger partial charge in [-0.05, 0) is 0 Å². The summed E-state index contributed by atoms with van der Waals surface area (Å²) in [7, 11) is 1.77. The smallest absolute Gasteiger partial charge is 0.294 e. The zero-order valence-corrected chi connectivity index (χ0v) is 7.23. The van der Waals surface area contributed by atoms with E-state index in [4.69, 9.17) is 0 Å². The van der Waals surface area contributed by atoms with Gasteiger partial charge in [0.2, 0.25) is 5.78 Å². The van der Waals surface area contributed by atoms with Crippen LogP contribution in [0.25, 0.3) is 0 Å². The molecule has 1 saturated heterocycles. The summed E-state index contributed by atoms with van der Waals surface area (Å²) in [4.78, 5) is 23.7. The number of nitrogens with zero attached hydrogens (tertiary/aromatic N) is 3. The molecule has 0 N–H and O–H groups in total. The fourth-order valence-electron chi connectivity index (χ4n) is 1.37. The minimum absolute atomic E-state index is 0.313. The average Bonchev–Trinajstić information content (AvgIpc) is 2.62. The third kappa shape index (κ3) is 1.22. The quantitative estimate of drug-likeness (QED) is 0.557. The Labute approximate surface area is 74.9 Å². The maximum absolute atomic E-state index is 11.3. The highest BCUT2D eigenvalue weighted by Gasteiger charge is 2.30. The molecule has 0 saturated carbocycles. The predicted octanol–water partition coefficient (Wildman–Crippen LogP) is -0.274. The normalized spacial score (nSPS) is 17.2. The molecule has 0 atom stereocenters. The molecular weight excluding hydrogens is 170 g/mol. The average molecular weight is 179 g/mol. The number of hydrogen-bond donors (Lipinski definition) is 0.